The highest BCUT2D eigenvalue weighted by Gasteiger charge is 2.39. The predicted octanol–water partition coefficient (Wildman–Crippen LogP) is 1.21. The molecule has 0 aromatic heterocycles. The second-order valence-corrected chi connectivity index (χ2v) is 5.49. The average Bonchev–Trinajstić information content (AvgIpc) is 2.99. The molecule has 1 aromatic rings. The van der Waals surface area contributed by atoms with Crippen molar-refractivity contribution in [2.45, 2.75) is 31.9 Å². The largest absolute Gasteiger partial charge is 0.488 e. The Labute approximate surface area is 136 Å². The fourth-order valence-corrected chi connectivity index (χ4v) is 2.70. The van der Waals surface area contributed by atoms with E-state index in [-0.39, 0.29) is 17.9 Å². The fourth-order valence-electron chi connectivity index (χ4n) is 2.70. The van der Waals surface area contributed by atoms with Crippen LogP contribution in [0.4, 0.5) is 0 Å². The van der Waals surface area contributed by atoms with Crippen molar-refractivity contribution in [3.8, 4) is 5.75 Å². The van der Waals surface area contributed by atoms with Gasteiger partial charge in [0.1, 0.15) is 17.9 Å². The van der Waals surface area contributed by atoms with Gasteiger partial charge >= 0.3 is 0 Å². The van der Waals surface area contributed by atoms with Gasteiger partial charge in [0.15, 0.2) is 0 Å². The number of nitrogens with zero attached hydrogens (tertiary/aromatic N) is 1. The van der Waals surface area contributed by atoms with E-state index in [0.29, 0.717) is 32.5 Å². The molecule has 0 bridgehead atoms. The molecule has 2 amide bonds. The first-order chi connectivity index (χ1) is 11.2. The van der Waals surface area contributed by atoms with E-state index in [9.17, 15) is 9.59 Å². The maximum absolute atomic E-state index is 12.3. The molecular formula is C17H24N2O4. The summed E-state index contributed by atoms with van der Waals surface area (Å²) in [6.07, 6.45) is 0.699. The van der Waals surface area contributed by atoms with Crippen molar-refractivity contribution in [3.63, 3.8) is 0 Å². The van der Waals surface area contributed by atoms with E-state index in [2.05, 4.69) is 5.32 Å². The minimum Gasteiger partial charge on any atom is -0.488 e. The second-order valence-electron chi connectivity index (χ2n) is 5.49. The van der Waals surface area contributed by atoms with Gasteiger partial charge in [0, 0.05) is 26.5 Å². The number of carbonyl (C=O) groups excluding carboxylic acids is 2. The van der Waals surface area contributed by atoms with Crippen LogP contribution >= 0.6 is 0 Å². The highest BCUT2D eigenvalue weighted by atomic mass is 16.5. The van der Waals surface area contributed by atoms with Gasteiger partial charge in [-0.3, -0.25) is 9.59 Å². The Kier molecular flexibility index (Phi) is 6.40. The molecule has 1 heterocycles. The zero-order valence-corrected chi connectivity index (χ0v) is 13.7. The first kappa shape index (κ1) is 17.3. The van der Waals surface area contributed by atoms with Crippen molar-refractivity contribution in [3.05, 3.63) is 30.3 Å². The van der Waals surface area contributed by atoms with Gasteiger partial charge in [-0.15, -0.1) is 0 Å². The van der Waals surface area contributed by atoms with Gasteiger partial charge in [-0.1, -0.05) is 25.1 Å². The molecule has 23 heavy (non-hydrogen) atoms. The SMILES string of the molecule is CCC(=O)N1C[C@@H](Oc2ccccc2)C[C@@H]1C(=O)NCCOC. The highest BCUT2D eigenvalue weighted by Crippen LogP contribution is 2.24. The van der Waals surface area contributed by atoms with Crippen LogP contribution in [-0.4, -0.2) is 55.7 Å². The van der Waals surface area contributed by atoms with Crippen LogP contribution in [0.3, 0.4) is 0 Å². The topological polar surface area (TPSA) is 67.9 Å². The molecule has 1 aromatic carbocycles. The number of likely N-dealkylation sites (tertiary alicyclic amines) is 1. The van der Waals surface area contributed by atoms with E-state index in [1.165, 1.54) is 0 Å². The Balaban J connectivity index is 2.00. The Morgan fingerprint density at radius 2 is 2.04 bits per heavy atom. The molecule has 1 fully saturated rings. The standard InChI is InChI=1S/C17H24N2O4/c1-3-16(20)19-12-14(23-13-7-5-4-6-8-13)11-15(19)17(21)18-9-10-22-2/h4-8,14-15H,3,9-12H2,1-2H3,(H,18,21)/t14-,15+/m0/s1. The van der Waals surface area contributed by atoms with E-state index in [1.807, 2.05) is 30.3 Å². The van der Waals surface area contributed by atoms with E-state index in [4.69, 9.17) is 9.47 Å². The Hall–Kier alpha value is -2.08. The molecule has 1 N–H and O–H groups in total. The lowest BCUT2D eigenvalue weighted by atomic mass is 10.1. The number of rotatable bonds is 7. The van der Waals surface area contributed by atoms with Crippen LogP contribution in [-0.2, 0) is 14.3 Å². The van der Waals surface area contributed by atoms with Crippen LogP contribution in [0.2, 0.25) is 0 Å². The summed E-state index contributed by atoms with van der Waals surface area (Å²) in [5.74, 6) is 0.570. The first-order valence-corrected chi connectivity index (χ1v) is 7.93. The Morgan fingerprint density at radius 1 is 1.30 bits per heavy atom. The molecule has 1 saturated heterocycles. The Morgan fingerprint density at radius 3 is 2.70 bits per heavy atom. The van der Waals surface area contributed by atoms with Crippen molar-refractivity contribution in [2.75, 3.05) is 26.8 Å². The molecule has 2 atom stereocenters. The van der Waals surface area contributed by atoms with E-state index < -0.39 is 6.04 Å². The van der Waals surface area contributed by atoms with Crippen LogP contribution in [0, 0.1) is 0 Å². The minimum atomic E-state index is -0.479. The van der Waals surface area contributed by atoms with E-state index in [0.717, 1.165) is 5.75 Å². The quantitative estimate of drug-likeness (QED) is 0.767. The Bertz CT molecular complexity index is 521. The summed E-state index contributed by atoms with van der Waals surface area (Å²) >= 11 is 0. The molecule has 0 spiro atoms. The van der Waals surface area contributed by atoms with Crippen LogP contribution in [0.1, 0.15) is 19.8 Å². The van der Waals surface area contributed by atoms with Crippen LogP contribution < -0.4 is 10.1 Å². The molecule has 2 rings (SSSR count). The summed E-state index contributed by atoms with van der Waals surface area (Å²) in [4.78, 5) is 26.1. The summed E-state index contributed by atoms with van der Waals surface area (Å²) in [6.45, 7) is 3.12. The highest BCUT2D eigenvalue weighted by molar-refractivity contribution is 5.88. The summed E-state index contributed by atoms with van der Waals surface area (Å²) in [6, 6.07) is 8.98. The van der Waals surface area contributed by atoms with Crippen molar-refractivity contribution in [2.24, 2.45) is 0 Å². The summed E-state index contributed by atoms with van der Waals surface area (Å²) in [5.41, 5.74) is 0. The third kappa shape index (κ3) is 4.69. The van der Waals surface area contributed by atoms with Crippen molar-refractivity contribution < 1.29 is 19.1 Å². The van der Waals surface area contributed by atoms with Crippen LogP contribution in [0.5, 0.6) is 5.75 Å². The smallest absolute Gasteiger partial charge is 0.243 e. The molecule has 126 valence electrons. The number of ether oxygens (including phenoxy) is 2. The van der Waals surface area contributed by atoms with Gasteiger partial charge in [0.2, 0.25) is 11.8 Å². The molecule has 1 aliphatic rings. The van der Waals surface area contributed by atoms with Gasteiger partial charge in [-0.2, -0.15) is 0 Å². The zero-order valence-electron chi connectivity index (χ0n) is 13.7. The minimum absolute atomic E-state index is 0.0314. The number of para-hydroxylation sites is 1. The maximum atomic E-state index is 12.3. The van der Waals surface area contributed by atoms with E-state index >= 15 is 0 Å². The van der Waals surface area contributed by atoms with Gasteiger partial charge in [0.25, 0.3) is 0 Å². The third-order valence-electron chi connectivity index (χ3n) is 3.84. The fraction of sp³-hybridized carbons (Fsp3) is 0.529. The van der Waals surface area contributed by atoms with Crippen molar-refractivity contribution in [1.82, 2.24) is 10.2 Å². The van der Waals surface area contributed by atoms with Crippen LogP contribution in [0.15, 0.2) is 30.3 Å². The number of nitrogens with one attached hydrogen (secondary N) is 1. The predicted molar refractivity (Wildman–Crippen MR) is 86.2 cm³/mol. The lowest BCUT2D eigenvalue weighted by molar-refractivity contribution is -0.138. The van der Waals surface area contributed by atoms with Crippen LogP contribution in [0.25, 0.3) is 0 Å². The summed E-state index contributed by atoms with van der Waals surface area (Å²) in [5, 5.41) is 2.81. The van der Waals surface area contributed by atoms with Crippen molar-refractivity contribution >= 4 is 11.8 Å². The monoisotopic (exact) mass is 320 g/mol. The molecule has 0 unspecified atom stereocenters. The number of hydrogen-bond acceptors (Lipinski definition) is 4. The number of carbonyl (C=O) groups is 2. The normalized spacial score (nSPS) is 20.3. The average molecular weight is 320 g/mol. The molecule has 6 heteroatoms. The first-order valence-electron chi connectivity index (χ1n) is 7.93. The zero-order chi connectivity index (χ0) is 16.7. The maximum Gasteiger partial charge on any atom is 0.243 e. The number of hydrogen-bond donors (Lipinski definition) is 1. The summed E-state index contributed by atoms with van der Waals surface area (Å²) < 4.78 is 10.8. The molecular weight excluding hydrogens is 296 g/mol. The molecule has 1 aliphatic heterocycles. The van der Waals surface area contributed by atoms with Gasteiger partial charge < -0.3 is 19.7 Å². The van der Waals surface area contributed by atoms with E-state index in [1.54, 1.807) is 18.9 Å². The van der Waals surface area contributed by atoms with Gasteiger partial charge in [-0.05, 0) is 12.1 Å². The van der Waals surface area contributed by atoms with Crippen molar-refractivity contribution in [1.29, 1.82) is 0 Å². The number of methoxy groups -OCH3 is 1. The number of amides is 2. The second kappa shape index (κ2) is 8.53. The lowest BCUT2D eigenvalue weighted by Crippen LogP contribution is -2.46. The molecule has 6 nitrogen and oxygen atoms in total. The number of benzene rings is 1. The molecule has 0 saturated carbocycles. The lowest BCUT2D eigenvalue weighted by Gasteiger charge is -2.23. The molecule has 0 aliphatic carbocycles. The van der Waals surface area contributed by atoms with Gasteiger partial charge in [0.05, 0.1) is 13.2 Å². The summed E-state index contributed by atoms with van der Waals surface area (Å²) in [7, 11) is 1.58. The van der Waals surface area contributed by atoms with Gasteiger partial charge in [-0.25, -0.2) is 0 Å². The molecule has 0 radical (unpaired) electrons. The third-order valence-corrected chi connectivity index (χ3v) is 3.84.